The number of hydrogen-bond donors (Lipinski definition) is 2. The van der Waals surface area contributed by atoms with Gasteiger partial charge < -0.3 is 10.4 Å². The van der Waals surface area contributed by atoms with Crippen molar-refractivity contribution in [1.82, 2.24) is 0 Å². The summed E-state index contributed by atoms with van der Waals surface area (Å²) in [5.74, 6) is -0.0895. The molecule has 130 valence electrons. The number of hydrogen-bond acceptors (Lipinski definition) is 2. The second-order valence-corrected chi connectivity index (χ2v) is 9.15. The van der Waals surface area contributed by atoms with Crippen LogP contribution in [0.4, 0.5) is 5.69 Å². The van der Waals surface area contributed by atoms with Crippen LogP contribution in [0.25, 0.3) is 11.6 Å². The maximum atomic E-state index is 12.4. The molecule has 3 rings (SSSR count). The van der Waals surface area contributed by atoms with Crippen LogP contribution in [0.5, 0.6) is 5.75 Å². The molecule has 0 saturated heterocycles. The maximum Gasteiger partial charge on any atom is 0.256 e. The van der Waals surface area contributed by atoms with Gasteiger partial charge in [-0.2, -0.15) is 0 Å². The van der Waals surface area contributed by atoms with Gasteiger partial charge in [0.15, 0.2) is 0 Å². The van der Waals surface area contributed by atoms with Crippen LogP contribution in [0.1, 0.15) is 37.5 Å². The van der Waals surface area contributed by atoms with Crippen molar-refractivity contribution in [1.29, 1.82) is 0 Å². The highest BCUT2D eigenvalue weighted by Crippen LogP contribution is 2.42. The molecule has 2 aromatic rings. The zero-order valence-electron chi connectivity index (χ0n) is 13.9. The Morgan fingerprint density at radius 2 is 1.84 bits per heavy atom. The third kappa shape index (κ3) is 3.50. The fraction of sp³-hybridized carbons (Fsp3) is 0.211. The van der Waals surface area contributed by atoms with Crippen LogP contribution in [0.3, 0.4) is 0 Å². The van der Waals surface area contributed by atoms with Gasteiger partial charge in [0.2, 0.25) is 0 Å². The van der Waals surface area contributed by atoms with Gasteiger partial charge in [0, 0.05) is 25.6 Å². The molecular formula is C19H16Br2ClNO2. The smallest absolute Gasteiger partial charge is 0.256 e. The minimum atomic E-state index is -0.274. The highest BCUT2D eigenvalue weighted by Gasteiger charge is 2.27. The van der Waals surface area contributed by atoms with E-state index in [2.05, 4.69) is 37.2 Å². The molecule has 0 radical (unpaired) electrons. The molecule has 2 N–H and O–H groups in total. The summed E-state index contributed by atoms with van der Waals surface area (Å²) in [5, 5.41) is 13.4. The standard InChI is InChI=1S/C19H16Br2ClNO2/c1-19(2,3)13-5-9(6-15(22)17(13)24)4-12-11-7-10(20)8-14(21)16(11)23-18(12)25/h4-8,24H,1-3H3,(H,23,25). The first-order chi connectivity index (χ1) is 11.6. The van der Waals surface area contributed by atoms with E-state index >= 15 is 0 Å². The highest BCUT2D eigenvalue weighted by atomic mass is 79.9. The lowest BCUT2D eigenvalue weighted by atomic mass is 9.85. The molecule has 3 nitrogen and oxygen atoms in total. The first kappa shape index (κ1) is 18.5. The van der Waals surface area contributed by atoms with Gasteiger partial charge >= 0.3 is 0 Å². The Labute approximate surface area is 168 Å². The lowest BCUT2D eigenvalue weighted by molar-refractivity contribution is -0.110. The number of fused-ring (bicyclic) bond motifs is 1. The number of phenols is 1. The van der Waals surface area contributed by atoms with E-state index in [4.69, 9.17) is 11.6 Å². The quantitative estimate of drug-likeness (QED) is 0.462. The highest BCUT2D eigenvalue weighted by molar-refractivity contribution is 9.11. The Balaban J connectivity index is 2.18. The number of phenolic OH excluding ortho intramolecular Hbond substituents is 1. The molecule has 6 heteroatoms. The number of amides is 1. The van der Waals surface area contributed by atoms with Gasteiger partial charge in [0.1, 0.15) is 5.75 Å². The van der Waals surface area contributed by atoms with Crippen LogP contribution in [0, 0.1) is 0 Å². The molecule has 0 atom stereocenters. The first-order valence-electron chi connectivity index (χ1n) is 7.63. The molecule has 0 spiro atoms. The van der Waals surface area contributed by atoms with Gasteiger partial charge in [-0.25, -0.2) is 0 Å². The number of nitrogens with one attached hydrogen (secondary N) is 1. The van der Waals surface area contributed by atoms with E-state index < -0.39 is 0 Å². The van der Waals surface area contributed by atoms with Gasteiger partial charge in [-0.05, 0) is 57.2 Å². The van der Waals surface area contributed by atoms with Gasteiger partial charge in [-0.3, -0.25) is 4.79 Å². The van der Waals surface area contributed by atoms with Crippen molar-refractivity contribution in [2.75, 3.05) is 5.32 Å². The number of rotatable bonds is 1. The summed E-state index contributed by atoms with van der Waals surface area (Å²) >= 11 is 13.1. The van der Waals surface area contributed by atoms with Crippen LogP contribution in [0.15, 0.2) is 33.2 Å². The van der Waals surface area contributed by atoms with Crippen LogP contribution < -0.4 is 5.32 Å². The second-order valence-electron chi connectivity index (χ2n) is 6.97. The molecule has 1 heterocycles. The van der Waals surface area contributed by atoms with E-state index in [9.17, 15) is 9.90 Å². The lowest BCUT2D eigenvalue weighted by Crippen LogP contribution is -2.11. The summed E-state index contributed by atoms with van der Waals surface area (Å²) in [4.78, 5) is 12.4. The Bertz CT molecular complexity index is 930. The van der Waals surface area contributed by atoms with Crippen LogP contribution in [-0.4, -0.2) is 11.0 Å². The predicted octanol–water partition coefficient (Wildman–Crippen LogP) is 6.36. The Hall–Kier alpha value is -1.30. The molecule has 1 amide bonds. The molecule has 1 aliphatic rings. The average molecular weight is 486 g/mol. The van der Waals surface area contributed by atoms with Crippen LogP contribution >= 0.6 is 43.5 Å². The minimum absolute atomic E-state index is 0.0816. The third-order valence-electron chi connectivity index (χ3n) is 4.03. The fourth-order valence-electron chi connectivity index (χ4n) is 2.80. The van der Waals surface area contributed by atoms with Crippen molar-refractivity contribution in [3.05, 3.63) is 54.9 Å². The zero-order chi connectivity index (χ0) is 18.5. The Morgan fingerprint density at radius 3 is 2.48 bits per heavy atom. The number of aromatic hydroxyl groups is 1. The van der Waals surface area contributed by atoms with E-state index in [0.29, 0.717) is 5.57 Å². The van der Waals surface area contributed by atoms with Crippen LogP contribution in [-0.2, 0) is 10.2 Å². The summed E-state index contributed by atoms with van der Waals surface area (Å²) in [6.07, 6.45) is 1.79. The fourth-order valence-corrected chi connectivity index (χ4v) is 4.35. The maximum absolute atomic E-state index is 12.4. The van der Waals surface area contributed by atoms with Crippen molar-refractivity contribution < 1.29 is 9.90 Å². The van der Waals surface area contributed by atoms with Crippen LogP contribution in [0.2, 0.25) is 5.02 Å². The van der Waals surface area contributed by atoms with E-state index in [0.717, 1.165) is 31.3 Å². The van der Waals surface area contributed by atoms with E-state index in [1.54, 1.807) is 12.1 Å². The molecule has 2 aromatic carbocycles. The molecule has 1 aliphatic heterocycles. The van der Waals surface area contributed by atoms with Crippen molar-refractivity contribution in [3.8, 4) is 5.75 Å². The van der Waals surface area contributed by atoms with E-state index in [1.165, 1.54) is 0 Å². The Kier molecular flexibility index (Phi) is 4.77. The second kappa shape index (κ2) is 6.45. The topological polar surface area (TPSA) is 49.3 Å². The normalized spacial score (nSPS) is 15.4. The molecule has 25 heavy (non-hydrogen) atoms. The molecule has 0 unspecified atom stereocenters. The van der Waals surface area contributed by atoms with Gasteiger partial charge in [-0.15, -0.1) is 0 Å². The Morgan fingerprint density at radius 1 is 1.16 bits per heavy atom. The third-order valence-corrected chi connectivity index (χ3v) is 5.40. The van der Waals surface area contributed by atoms with Crippen molar-refractivity contribution in [2.45, 2.75) is 26.2 Å². The van der Waals surface area contributed by atoms with Crippen molar-refractivity contribution >= 4 is 66.7 Å². The SMILES string of the molecule is CC(C)(C)c1cc(C=C2C(=O)Nc3c(Br)cc(Br)cc32)cc(Cl)c1O. The average Bonchev–Trinajstić information content (AvgIpc) is 2.78. The van der Waals surface area contributed by atoms with Gasteiger partial charge in [0.25, 0.3) is 5.91 Å². The summed E-state index contributed by atoms with van der Waals surface area (Å²) in [5.41, 5.74) is 3.35. The first-order valence-corrected chi connectivity index (χ1v) is 9.60. The molecule has 0 saturated carbocycles. The number of anilines is 1. The summed E-state index contributed by atoms with van der Waals surface area (Å²) in [6.45, 7) is 6.00. The molecule has 0 fully saturated rings. The van der Waals surface area contributed by atoms with Gasteiger partial charge in [-0.1, -0.05) is 48.3 Å². The summed E-state index contributed by atoms with van der Waals surface area (Å²) in [7, 11) is 0. The number of carbonyl (C=O) groups is 1. The summed E-state index contributed by atoms with van der Waals surface area (Å²) in [6, 6.07) is 7.32. The number of halogens is 3. The van der Waals surface area contributed by atoms with E-state index in [1.807, 2.05) is 39.0 Å². The minimum Gasteiger partial charge on any atom is -0.506 e. The molecule has 0 bridgehead atoms. The molecule has 0 aromatic heterocycles. The zero-order valence-corrected chi connectivity index (χ0v) is 17.8. The predicted molar refractivity (Wildman–Crippen MR) is 110 cm³/mol. The van der Waals surface area contributed by atoms with Gasteiger partial charge in [0.05, 0.1) is 10.7 Å². The largest absolute Gasteiger partial charge is 0.506 e. The van der Waals surface area contributed by atoms with E-state index in [-0.39, 0.29) is 22.1 Å². The van der Waals surface area contributed by atoms with Crippen molar-refractivity contribution in [2.24, 2.45) is 0 Å². The summed E-state index contributed by atoms with van der Waals surface area (Å²) < 4.78 is 1.69. The molecule has 0 aliphatic carbocycles. The van der Waals surface area contributed by atoms with Crippen molar-refractivity contribution in [3.63, 3.8) is 0 Å². The number of carbonyl (C=O) groups excluding carboxylic acids is 1. The monoisotopic (exact) mass is 483 g/mol. The molecular weight excluding hydrogens is 469 g/mol. The number of benzene rings is 2. The lowest BCUT2D eigenvalue weighted by Gasteiger charge is -2.21.